The molecule has 0 amide bonds. The minimum Gasteiger partial charge on any atom is -0.303 e. The highest BCUT2D eigenvalue weighted by atomic mass is 32.2. The summed E-state index contributed by atoms with van der Waals surface area (Å²) >= 11 is 1.27. The molecule has 1 N–H and O–H groups in total. The molecule has 1 saturated heterocycles. The molecule has 2 heterocycles. The first-order valence-corrected chi connectivity index (χ1v) is 8.76. The Morgan fingerprint density at radius 2 is 2.17 bits per heavy atom. The van der Waals surface area contributed by atoms with E-state index in [0.717, 1.165) is 38.9 Å². The monoisotopic (exact) mass is 288 g/mol. The van der Waals surface area contributed by atoms with Crippen LogP contribution >= 0.6 is 11.3 Å². The van der Waals surface area contributed by atoms with Crippen molar-refractivity contribution >= 4 is 21.4 Å². The number of nitrogens with zero attached hydrogens (tertiary/aromatic N) is 1. The molecule has 2 rings (SSSR count). The Labute approximate surface area is 113 Å². The molecule has 1 aromatic heterocycles. The van der Waals surface area contributed by atoms with E-state index in [9.17, 15) is 8.42 Å². The van der Waals surface area contributed by atoms with Crippen molar-refractivity contribution in [3.63, 3.8) is 0 Å². The van der Waals surface area contributed by atoms with E-state index < -0.39 is 10.0 Å². The Hall–Kier alpha value is -0.430. The van der Waals surface area contributed by atoms with Gasteiger partial charge in [0, 0.05) is 6.04 Å². The van der Waals surface area contributed by atoms with E-state index in [1.54, 1.807) is 17.5 Å². The van der Waals surface area contributed by atoms with Gasteiger partial charge in [0.25, 0.3) is 0 Å². The molecule has 102 valence electrons. The van der Waals surface area contributed by atoms with Crippen molar-refractivity contribution in [2.24, 2.45) is 0 Å². The Bertz CT molecular complexity index is 448. The summed E-state index contributed by atoms with van der Waals surface area (Å²) in [5.41, 5.74) is 0. The normalized spacial score (nSPS) is 19.2. The van der Waals surface area contributed by atoms with Crippen LogP contribution in [0.4, 0.5) is 0 Å². The highest BCUT2D eigenvalue weighted by Crippen LogP contribution is 2.18. The average molecular weight is 288 g/mol. The molecule has 0 unspecified atom stereocenters. The summed E-state index contributed by atoms with van der Waals surface area (Å²) in [6, 6.07) is 3.51. The summed E-state index contributed by atoms with van der Waals surface area (Å²) in [5, 5.41) is 1.79. The van der Waals surface area contributed by atoms with Gasteiger partial charge in [0.1, 0.15) is 4.21 Å². The maximum Gasteiger partial charge on any atom is 0.250 e. The average Bonchev–Trinajstić information content (AvgIpc) is 2.86. The van der Waals surface area contributed by atoms with Crippen LogP contribution in [0, 0.1) is 0 Å². The summed E-state index contributed by atoms with van der Waals surface area (Å²) in [5.74, 6) is 0. The summed E-state index contributed by atoms with van der Waals surface area (Å²) in [4.78, 5) is 2.40. The molecule has 1 aliphatic rings. The van der Waals surface area contributed by atoms with Crippen molar-refractivity contribution in [2.75, 3.05) is 19.6 Å². The number of likely N-dealkylation sites (tertiary alicyclic amines) is 1. The van der Waals surface area contributed by atoms with Gasteiger partial charge in [-0.15, -0.1) is 11.3 Å². The van der Waals surface area contributed by atoms with Crippen LogP contribution in [0.3, 0.4) is 0 Å². The van der Waals surface area contributed by atoms with Crippen LogP contribution in [0.15, 0.2) is 21.7 Å². The lowest BCUT2D eigenvalue weighted by Gasteiger charge is -2.31. The Morgan fingerprint density at radius 3 is 2.72 bits per heavy atom. The van der Waals surface area contributed by atoms with E-state index in [1.807, 2.05) is 0 Å². The fraction of sp³-hybridized carbons (Fsp3) is 0.667. The standard InChI is InChI=1S/C12H20N2O2S2/c1-2-7-14-8-5-11(6-9-14)13-18(15,16)12-4-3-10-17-12/h3-4,10-11,13H,2,5-9H2,1H3. The topological polar surface area (TPSA) is 49.4 Å². The van der Waals surface area contributed by atoms with Crippen molar-refractivity contribution in [1.82, 2.24) is 9.62 Å². The SMILES string of the molecule is CCCN1CCC(NS(=O)(=O)c2cccs2)CC1. The number of rotatable bonds is 5. The molecule has 0 aromatic carbocycles. The fourth-order valence-corrected chi connectivity index (χ4v) is 4.60. The van der Waals surface area contributed by atoms with Gasteiger partial charge in [0.15, 0.2) is 0 Å². The largest absolute Gasteiger partial charge is 0.303 e. The Morgan fingerprint density at radius 1 is 1.44 bits per heavy atom. The third kappa shape index (κ3) is 3.54. The molecule has 1 fully saturated rings. The van der Waals surface area contributed by atoms with Crippen molar-refractivity contribution in [1.29, 1.82) is 0 Å². The predicted molar refractivity (Wildman–Crippen MR) is 74.4 cm³/mol. The summed E-state index contributed by atoms with van der Waals surface area (Å²) < 4.78 is 27.3. The molecule has 6 heteroatoms. The number of nitrogens with one attached hydrogen (secondary N) is 1. The summed E-state index contributed by atoms with van der Waals surface area (Å²) in [6.45, 7) is 5.27. The van der Waals surface area contributed by atoms with Gasteiger partial charge < -0.3 is 4.90 Å². The maximum absolute atomic E-state index is 12.1. The molecule has 0 saturated carbocycles. The van der Waals surface area contributed by atoms with Crippen molar-refractivity contribution in [3.8, 4) is 0 Å². The van der Waals surface area contributed by atoms with Crippen LogP contribution in [0.1, 0.15) is 26.2 Å². The van der Waals surface area contributed by atoms with Gasteiger partial charge in [-0.3, -0.25) is 0 Å². The second-order valence-corrected chi connectivity index (χ2v) is 7.56. The maximum atomic E-state index is 12.1. The number of piperidine rings is 1. The van der Waals surface area contributed by atoms with E-state index in [1.165, 1.54) is 11.3 Å². The zero-order chi connectivity index (χ0) is 13.0. The van der Waals surface area contributed by atoms with Crippen LogP contribution in [0.25, 0.3) is 0 Å². The molecule has 0 spiro atoms. The van der Waals surface area contributed by atoms with Gasteiger partial charge in [-0.05, 0) is 50.3 Å². The Kier molecular flexibility index (Phi) is 4.77. The second-order valence-electron chi connectivity index (χ2n) is 4.67. The fourth-order valence-electron chi connectivity index (χ4n) is 2.28. The first kappa shape index (κ1) is 14.0. The van der Waals surface area contributed by atoms with Crippen molar-refractivity contribution < 1.29 is 8.42 Å². The van der Waals surface area contributed by atoms with E-state index >= 15 is 0 Å². The third-order valence-corrected chi connectivity index (χ3v) is 6.13. The van der Waals surface area contributed by atoms with Gasteiger partial charge in [-0.25, -0.2) is 13.1 Å². The van der Waals surface area contributed by atoms with Crippen LogP contribution in [-0.2, 0) is 10.0 Å². The number of thiophene rings is 1. The summed E-state index contributed by atoms with van der Waals surface area (Å²) in [6.07, 6.45) is 2.97. The number of hydrogen-bond acceptors (Lipinski definition) is 4. The van der Waals surface area contributed by atoms with Crippen molar-refractivity contribution in [2.45, 2.75) is 36.4 Å². The minimum atomic E-state index is -3.30. The lowest BCUT2D eigenvalue weighted by molar-refractivity contribution is 0.208. The minimum absolute atomic E-state index is 0.0882. The van der Waals surface area contributed by atoms with Gasteiger partial charge in [-0.2, -0.15) is 0 Å². The lowest BCUT2D eigenvalue weighted by atomic mass is 10.1. The zero-order valence-corrected chi connectivity index (χ0v) is 12.3. The molecule has 18 heavy (non-hydrogen) atoms. The predicted octanol–water partition coefficient (Wildman–Crippen LogP) is 1.90. The smallest absolute Gasteiger partial charge is 0.250 e. The molecule has 0 radical (unpaired) electrons. The van der Waals surface area contributed by atoms with Crippen LogP contribution in [0.5, 0.6) is 0 Å². The van der Waals surface area contributed by atoms with Crippen LogP contribution in [-0.4, -0.2) is 39.0 Å². The zero-order valence-electron chi connectivity index (χ0n) is 10.6. The summed E-state index contributed by atoms with van der Waals surface area (Å²) in [7, 11) is -3.30. The van der Waals surface area contributed by atoms with E-state index in [0.29, 0.717) is 4.21 Å². The first-order valence-electron chi connectivity index (χ1n) is 6.40. The molecular weight excluding hydrogens is 268 g/mol. The molecular formula is C12H20N2O2S2. The molecule has 1 aliphatic heterocycles. The van der Waals surface area contributed by atoms with Gasteiger partial charge in [0.05, 0.1) is 0 Å². The molecule has 1 aromatic rings. The van der Waals surface area contributed by atoms with E-state index in [2.05, 4.69) is 16.5 Å². The molecule has 4 nitrogen and oxygen atoms in total. The number of hydrogen-bond donors (Lipinski definition) is 1. The third-order valence-electron chi connectivity index (χ3n) is 3.21. The molecule has 0 atom stereocenters. The van der Waals surface area contributed by atoms with E-state index in [-0.39, 0.29) is 6.04 Å². The first-order chi connectivity index (χ1) is 8.62. The van der Waals surface area contributed by atoms with Crippen LogP contribution in [0.2, 0.25) is 0 Å². The second kappa shape index (κ2) is 6.14. The lowest BCUT2D eigenvalue weighted by Crippen LogP contribution is -2.44. The Balaban J connectivity index is 1.88. The van der Waals surface area contributed by atoms with Crippen LogP contribution < -0.4 is 4.72 Å². The van der Waals surface area contributed by atoms with Gasteiger partial charge in [0.2, 0.25) is 10.0 Å². The number of sulfonamides is 1. The van der Waals surface area contributed by atoms with Gasteiger partial charge >= 0.3 is 0 Å². The molecule has 0 bridgehead atoms. The van der Waals surface area contributed by atoms with E-state index in [4.69, 9.17) is 0 Å². The van der Waals surface area contributed by atoms with Gasteiger partial charge in [-0.1, -0.05) is 13.0 Å². The quantitative estimate of drug-likeness (QED) is 0.900. The molecule has 0 aliphatic carbocycles. The highest BCUT2D eigenvalue weighted by molar-refractivity contribution is 7.91. The highest BCUT2D eigenvalue weighted by Gasteiger charge is 2.24. The van der Waals surface area contributed by atoms with Crippen molar-refractivity contribution in [3.05, 3.63) is 17.5 Å².